The zero-order valence-electron chi connectivity index (χ0n) is 28.2. The Bertz CT molecular complexity index is 2210. The maximum absolute atomic E-state index is 11.2. The second-order valence-corrected chi connectivity index (χ2v) is 11.5. The third kappa shape index (κ3) is 9.93. The fourth-order valence-corrected chi connectivity index (χ4v) is 5.02. The molecule has 6 rings (SSSR count). The van der Waals surface area contributed by atoms with Crippen LogP contribution in [0.15, 0.2) is 146 Å². The SMILES string of the molecule is CC(=Cc1ccc(O)cc1)c1ccc(O)cc1.CC(=Cc1ccc(Oc2ccccc2[N+](=O)[O-])cc1)c1ccc(Oc2ccccc2[N+](=O)[O-])cc1. The van der Waals surface area contributed by atoms with Crippen LogP contribution in [-0.4, -0.2) is 20.1 Å². The minimum Gasteiger partial charge on any atom is -0.508 e. The van der Waals surface area contributed by atoms with Gasteiger partial charge in [-0.1, -0.05) is 84.9 Å². The number of hydrogen-bond donors (Lipinski definition) is 2. The van der Waals surface area contributed by atoms with Gasteiger partial charge in [-0.2, -0.15) is 0 Å². The summed E-state index contributed by atoms with van der Waals surface area (Å²) in [7, 11) is 0. The van der Waals surface area contributed by atoms with E-state index < -0.39 is 9.85 Å². The standard InChI is InChI=1S/C27H20N2O6.C15H14O2/c1-19(21-12-16-23(17-13-21)35-27-9-5-3-7-25(27)29(32)33)18-20-10-14-22(15-11-20)34-26-8-4-2-6-24(26)28(30)31;1-11(13-4-8-15(17)9-5-13)10-12-2-6-14(16)7-3-12/h2-18H,1H3;2-10,16-17H,1H3. The first kappa shape index (κ1) is 36.1. The van der Waals surface area contributed by atoms with Crippen molar-refractivity contribution in [1.82, 2.24) is 0 Å². The number of phenolic OH excluding ortho intramolecular Hbond substituents is 2. The van der Waals surface area contributed by atoms with Crippen molar-refractivity contribution in [2.75, 3.05) is 0 Å². The van der Waals surface area contributed by atoms with Crippen molar-refractivity contribution in [3.05, 3.63) is 188 Å². The molecule has 0 bridgehead atoms. The summed E-state index contributed by atoms with van der Waals surface area (Å²) < 4.78 is 11.4. The highest BCUT2D eigenvalue weighted by atomic mass is 16.6. The molecule has 0 aliphatic heterocycles. The largest absolute Gasteiger partial charge is 0.508 e. The first-order chi connectivity index (χ1) is 25.0. The van der Waals surface area contributed by atoms with Crippen LogP contribution in [0.2, 0.25) is 0 Å². The smallest absolute Gasteiger partial charge is 0.311 e. The lowest BCUT2D eigenvalue weighted by atomic mass is 10.0. The molecule has 52 heavy (non-hydrogen) atoms. The average molecular weight is 695 g/mol. The summed E-state index contributed by atoms with van der Waals surface area (Å²) in [6.07, 6.45) is 4.03. The van der Waals surface area contributed by atoms with Crippen molar-refractivity contribution >= 4 is 34.7 Å². The molecule has 0 aliphatic carbocycles. The molecular formula is C42H34N2O8. The fourth-order valence-electron chi connectivity index (χ4n) is 5.02. The summed E-state index contributed by atoms with van der Waals surface area (Å²) >= 11 is 0. The molecule has 0 heterocycles. The van der Waals surface area contributed by atoms with Gasteiger partial charge in [0.25, 0.3) is 0 Å². The zero-order chi connectivity index (χ0) is 37.0. The Morgan fingerprint density at radius 2 is 0.827 bits per heavy atom. The van der Waals surface area contributed by atoms with Gasteiger partial charge in [0.1, 0.15) is 23.0 Å². The Labute approximate surface area is 300 Å². The highest BCUT2D eigenvalue weighted by molar-refractivity contribution is 5.81. The quantitative estimate of drug-likeness (QED) is 0.0818. The van der Waals surface area contributed by atoms with Crippen molar-refractivity contribution in [2.24, 2.45) is 0 Å². The molecule has 6 aromatic carbocycles. The maximum atomic E-state index is 11.2. The summed E-state index contributed by atoms with van der Waals surface area (Å²) in [5, 5.41) is 40.7. The van der Waals surface area contributed by atoms with Crippen LogP contribution in [0.3, 0.4) is 0 Å². The minimum atomic E-state index is -0.479. The maximum Gasteiger partial charge on any atom is 0.311 e. The molecule has 0 spiro atoms. The van der Waals surface area contributed by atoms with Crippen LogP contribution >= 0.6 is 0 Å². The van der Waals surface area contributed by atoms with Gasteiger partial charge in [0.15, 0.2) is 0 Å². The lowest BCUT2D eigenvalue weighted by Gasteiger charge is -2.08. The lowest BCUT2D eigenvalue weighted by Crippen LogP contribution is -1.93. The average Bonchev–Trinajstić information content (AvgIpc) is 3.14. The summed E-state index contributed by atoms with van der Waals surface area (Å²) in [4.78, 5) is 21.4. The molecule has 0 aliphatic rings. The number of allylic oxidation sites excluding steroid dienone is 2. The number of nitrogens with zero attached hydrogens (tertiary/aromatic N) is 2. The molecule has 0 unspecified atom stereocenters. The first-order valence-corrected chi connectivity index (χ1v) is 16.0. The van der Waals surface area contributed by atoms with Gasteiger partial charge in [0.05, 0.1) is 9.85 Å². The van der Waals surface area contributed by atoms with Crippen LogP contribution in [0.1, 0.15) is 36.1 Å². The van der Waals surface area contributed by atoms with Gasteiger partial charge in [-0.25, -0.2) is 0 Å². The van der Waals surface area contributed by atoms with Crippen LogP contribution in [0, 0.1) is 20.2 Å². The third-order valence-corrected chi connectivity index (χ3v) is 7.75. The number of para-hydroxylation sites is 4. The Morgan fingerprint density at radius 1 is 0.500 bits per heavy atom. The Morgan fingerprint density at radius 3 is 1.23 bits per heavy atom. The number of nitro benzene ring substituents is 2. The molecule has 6 aromatic rings. The number of phenols is 2. The number of nitro groups is 2. The number of rotatable bonds is 10. The number of aromatic hydroxyl groups is 2. The van der Waals surface area contributed by atoms with Gasteiger partial charge < -0.3 is 19.7 Å². The summed E-state index contributed by atoms with van der Waals surface area (Å²) in [5.41, 5.74) is 5.90. The van der Waals surface area contributed by atoms with Gasteiger partial charge in [-0.15, -0.1) is 0 Å². The van der Waals surface area contributed by atoms with Gasteiger partial charge in [0.2, 0.25) is 11.5 Å². The molecule has 0 atom stereocenters. The Kier molecular flexibility index (Phi) is 11.8. The molecule has 0 fully saturated rings. The van der Waals surface area contributed by atoms with Crippen molar-refractivity contribution in [3.63, 3.8) is 0 Å². The molecule has 10 heteroatoms. The topological polar surface area (TPSA) is 145 Å². The van der Waals surface area contributed by atoms with Gasteiger partial charge in [-0.05, 0) is 108 Å². The first-order valence-electron chi connectivity index (χ1n) is 16.0. The normalized spacial score (nSPS) is 11.2. The number of hydrogen-bond acceptors (Lipinski definition) is 8. The number of ether oxygens (including phenoxy) is 2. The molecule has 260 valence electrons. The molecule has 0 radical (unpaired) electrons. The summed E-state index contributed by atoms with van der Waals surface area (Å²) in [5.74, 6) is 1.88. The lowest BCUT2D eigenvalue weighted by molar-refractivity contribution is -0.385. The van der Waals surface area contributed by atoms with Gasteiger partial charge >= 0.3 is 11.4 Å². The molecule has 0 amide bonds. The van der Waals surface area contributed by atoms with E-state index in [9.17, 15) is 30.4 Å². The van der Waals surface area contributed by atoms with E-state index in [1.54, 1.807) is 84.9 Å². The molecular weight excluding hydrogens is 660 g/mol. The molecule has 10 nitrogen and oxygen atoms in total. The molecule has 0 saturated carbocycles. The highest BCUT2D eigenvalue weighted by Gasteiger charge is 2.15. The predicted octanol–water partition coefficient (Wildman–Crippen LogP) is 11.3. The highest BCUT2D eigenvalue weighted by Crippen LogP contribution is 2.33. The Hall–Kier alpha value is -7.20. The minimum absolute atomic E-state index is 0.0954. The van der Waals surface area contributed by atoms with E-state index in [2.05, 4.69) is 0 Å². The van der Waals surface area contributed by atoms with Gasteiger partial charge in [-0.3, -0.25) is 20.2 Å². The van der Waals surface area contributed by atoms with E-state index in [1.807, 2.05) is 74.5 Å². The van der Waals surface area contributed by atoms with Crippen LogP contribution in [0.25, 0.3) is 23.3 Å². The molecule has 0 saturated heterocycles. The second-order valence-electron chi connectivity index (χ2n) is 11.5. The molecule has 0 aromatic heterocycles. The van der Waals surface area contributed by atoms with E-state index >= 15 is 0 Å². The second kappa shape index (κ2) is 17.0. The monoisotopic (exact) mass is 694 g/mol. The molecule has 2 N–H and O–H groups in total. The van der Waals surface area contributed by atoms with Crippen LogP contribution in [-0.2, 0) is 0 Å². The van der Waals surface area contributed by atoms with Crippen molar-refractivity contribution < 1.29 is 29.5 Å². The van der Waals surface area contributed by atoms with Crippen LogP contribution < -0.4 is 9.47 Å². The predicted molar refractivity (Wildman–Crippen MR) is 203 cm³/mol. The van der Waals surface area contributed by atoms with Crippen LogP contribution in [0.5, 0.6) is 34.5 Å². The van der Waals surface area contributed by atoms with E-state index in [-0.39, 0.29) is 34.4 Å². The van der Waals surface area contributed by atoms with E-state index in [0.29, 0.717) is 11.5 Å². The third-order valence-electron chi connectivity index (χ3n) is 7.75. The van der Waals surface area contributed by atoms with E-state index in [0.717, 1.165) is 33.4 Å². The van der Waals surface area contributed by atoms with Crippen molar-refractivity contribution in [1.29, 1.82) is 0 Å². The van der Waals surface area contributed by atoms with Crippen molar-refractivity contribution in [2.45, 2.75) is 13.8 Å². The number of benzene rings is 6. The van der Waals surface area contributed by atoms with Crippen LogP contribution in [0.4, 0.5) is 11.4 Å². The van der Waals surface area contributed by atoms with E-state index in [1.165, 1.54) is 12.1 Å². The summed E-state index contributed by atoms with van der Waals surface area (Å²) in [6.45, 7) is 3.98. The van der Waals surface area contributed by atoms with Gasteiger partial charge in [0, 0.05) is 12.1 Å². The fraction of sp³-hybridized carbons (Fsp3) is 0.0476. The summed E-state index contributed by atoms with van der Waals surface area (Å²) in [6, 6.07) is 41.1. The zero-order valence-corrected chi connectivity index (χ0v) is 28.2. The van der Waals surface area contributed by atoms with Crippen molar-refractivity contribution in [3.8, 4) is 34.5 Å². The Balaban J connectivity index is 0.000000257. The van der Waals surface area contributed by atoms with E-state index in [4.69, 9.17) is 9.47 Å².